The molecule has 1 amide bonds. The largest absolute Gasteiger partial charge is 0.493 e. The van der Waals surface area contributed by atoms with Crippen molar-refractivity contribution in [3.63, 3.8) is 0 Å². The summed E-state index contributed by atoms with van der Waals surface area (Å²) in [5, 5.41) is 0.608. The average Bonchev–Trinajstić information content (AvgIpc) is 3.31. The minimum atomic E-state index is -4.11. The van der Waals surface area contributed by atoms with Gasteiger partial charge in [0.05, 0.1) is 25.1 Å². The summed E-state index contributed by atoms with van der Waals surface area (Å²) in [5.41, 5.74) is 3.23. The van der Waals surface area contributed by atoms with Crippen LogP contribution in [0, 0.1) is 0 Å². The Hall–Kier alpha value is -4.60. The van der Waals surface area contributed by atoms with E-state index in [1.807, 2.05) is 60.7 Å². The van der Waals surface area contributed by atoms with Crippen LogP contribution in [0.1, 0.15) is 22.3 Å². The number of hydrogen-bond donors (Lipinski definition) is 0. The molecule has 4 aromatic carbocycles. The normalized spacial score (nSPS) is 15.2. The predicted octanol–water partition coefficient (Wildman–Crippen LogP) is 6.86. The topological polar surface area (TPSA) is 85.3 Å². The van der Waals surface area contributed by atoms with E-state index in [2.05, 4.69) is 6.58 Å². The van der Waals surface area contributed by atoms with Crippen molar-refractivity contribution in [2.45, 2.75) is 24.4 Å². The molecule has 9 heteroatoms. The molecule has 0 atom stereocenters. The van der Waals surface area contributed by atoms with Crippen LogP contribution in [0.25, 0.3) is 6.08 Å². The summed E-state index contributed by atoms with van der Waals surface area (Å²) in [6, 6.07) is 31.0. The van der Waals surface area contributed by atoms with Crippen molar-refractivity contribution in [2.75, 3.05) is 7.11 Å². The lowest BCUT2D eigenvalue weighted by molar-refractivity contribution is -0.122. The van der Waals surface area contributed by atoms with Crippen molar-refractivity contribution >= 4 is 39.0 Å². The molecule has 0 radical (unpaired) electrons. The van der Waals surface area contributed by atoms with Gasteiger partial charge in [0.1, 0.15) is 4.90 Å². The van der Waals surface area contributed by atoms with Gasteiger partial charge in [-0.1, -0.05) is 84.9 Å². The molecule has 0 aliphatic carbocycles. The first-order valence-corrected chi connectivity index (χ1v) is 15.8. The molecular formula is C34H30N2O5S2. The molecule has 0 aromatic heterocycles. The highest BCUT2D eigenvalue weighted by Crippen LogP contribution is 2.39. The van der Waals surface area contributed by atoms with Crippen molar-refractivity contribution in [1.82, 2.24) is 4.90 Å². The minimum Gasteiger partial charge on any atom is -0.493 e. The van der Waals surface area contributed by atoms with E-state index in [0.29, 0.717) is 40.7 Å². The lowest BCUT2D eigenvalue weighted by atomic mass is 10.1. The van der Waals surface area contributed by atoms with Crippen LogP contribution < -0.4 is 8.92 Å². The van der Waals surface area contributed by atoms with Gasteiger partial charge in [-0.15, -0.1) is 6.58 Å². The smallest absolute Gasteiger partial charge is 0.339 e. The second-order valence-corrected chi connectivity index (χ2v) is 12.2. The van der Waals surface area contributed by atoms with Gasteiger partial charge in [-0.05, 0) is 65.2 Å². The van der Waals surface area contributed by atoms with Crippen LogP contribution >= 0.6 is 11.8 Å². The quantitative estimate of drug-likeness (QED) is 0.105. The van der Waals surface area contributed by atoms with Gasteiger partial charge in [0.2, 0.25) is 0 Å². The molecule has 4 aromatic rings. The zero-order chi connectivity index (χ0) is 30.2. The molecule has 1 heterocycles. The molecule has 0 spiro atoms. The Balaban J connectivity index is 1.50. The van der Waals surface area contributed by atoms with Crippen molar-refractivity contribution < 1.29 is 22.1 Å². The number of amidine groups is 1. The molecule has 1 aliphatic rings. The predicted molar refractivity (Wildman–Crippen MR) is 171 cm³/mol. The van der Waals surface area contributed by atoms with Gasteiger partial charge in [-0.25, -0.2) is 0 Å². The Morgan fingerprint density at radius 3 is 2.16 bits per heavy atom. The lowest BCUT2D eigenvalue weighted by Crippen LogP contribution is -2.28. The zero-order valence-corrected chi connectivity index (χ0v) is 25.2. The lowest BCUT2D eigenvalue weighted by Gasteiger charge is -2.16. The number of methoxy groups -OCH3 is 1. The first-order valence-electron chi connectivity index (χ1n) is 13.5. The van der Waals surface area contributed by atoms with Gasteiger partial charge < -0.3 is 8.92 Å². The van der Waals surface area contributed by atoms with E-state index in [0.717, 1.165) is 11.1 Å². The summed E-state index contributed by atoms with van der Waals surface area (Å²) >= 11 is 1.30. The molecule has 0 saturated carbocycles. The van der Waals surface area contributed by atoms with Crippen molar-refractivity contribution in [1.29, 1.82) is 0 Å². The molecule has 0 bridgehead atoms. The van der Waals surface area contributed by atoms with Crippen molar-refractivity contribution in [3.05, 3.63) is 143 Å². The number of amides is 1. The van der Waals surface area contributed by atoms with Crippen molar-refractivity contribution in [3.8, 4) is 11.5 Å². The average molecular weight is 611 g/mol. The third-order valence-electron chi connectivity index (χ3n) is 6.57. The van der Waals surface area contributed by atoms with Gasteiger partial charge in [0.25, 0.3) is 5.91 Å². The number of ether oxygens (including phenoxy) is 1. The number of rotatable bonds is 11. The van der Waals surface area contributed by atoms with Crippen LogP contribution in [-0.2, 0) is 34.4 Å². The van der Waals surface area contributed by atoms with Crippen LogP contribution in [0.5, 0.6) is 11.5 Å². The standard InChI is InChI=1S/C34H30N2O5S2/c1-3-13-28-20-27(21-30(40-2)32(28)41-43(38,39)29-18-11-6-12-19-29)22-31-33(37)36(24-26-16-9-5-10-17-26)34(42-31)35-23-25-14-7-4-8-15-25/h3-12,14-22H,1,13,23-24H2,2H3/b31-22+,35-34?. The van der Waals surface area contributed by atoms with Gasteiger partial charge in [0, 0.05) is 5.56 Å². The molecule has 43 heavy (non-hydrogen) atoms. The van der Waals surface area contributed by atoms with Crippen LogP contribution in [-0.4, -0.2) is 31.5 Å². The summed E-state index contributed by atoms with van der Waals surface area (Å²) in [6.45, 7) is 4.64. The maximum Gasteiger partial charge on any atom is 0.339 e. The highest BCUT2D eigenvalue weighted by Gasteiger charge is 2.33. The SMILES string of the molecule is C=CCc1cc(/C=C2/SC(=NCc3ccccc3)N(Cc3ccccc3)C2=O)cc(OC)c1OS(=O)(=O)c1ccccc1. The maximum absolute atomic E-state index is 13.7. The Bertz CT molecular complexity index is 1770. The third-order valence-corrected chi connectivity index (χ3v) is 8.85. The summed E-state index contributed by atoms with van der Waals surface area (Å²) in [7, 11) is -2.67. The maximum atomic E-state index is 13.7. The number of nitrogens with zero attached hydrogens (tertiary/aromatic N) is 2. The third kappa shape index (κ3) is 7.25. The molecule has 1 fully saturated rings. The summed E-state index contributed by atoms with van der Waals surface area (Å²) in [6.07, 6.45) is 3.73. The fourth-order valence-electron chi connectivity index (χ4n) is 4.49. The number of hydrogen-bond acceptors (Lipinski definition) is 7. The molecule has 5 rings (SSSR count). The second-order valence-electron chi connectivity index (χ2n) is 9.63. The summed E-state index contributed by atoms with van der Waals surface area (Å²) < 4.78 is 37.2. The van der Waals surface area contributed by atoms with E-state index in [9.17, 15) is 13.2 Å². The second kappa shape index (κ2) is 13.6. The fourth-order valence-corrected chi connectivity index (χ4v) is 6.46. The number of aliphatic imine (C=N–C) groups is 1. The highest BCUT2D eigenvalue weighted by atomic mass is 32.2. The van der Waals surface area contributed by atoms with Crippen LogP contribution in [0.4, 0.5) is 0 Å². The number of benzene rings is 4. The van der Waals surface area contributed by atoms with E-state index in [4.69, 9.17) is 13.9 Å². The van der Waals surface area contributed by atoms with E-state index in [-0.39, 0.29) is 22.3 Å². The molecule has 0 N–H and O–H groups in total. The number of allylic oxidation sites excluding steroid dienone is 1. The Kier molecular flexibility index (Phi) is 9.44. The van der Waals surface area contributed by atoms with Gasteiger partial charge >= 0.3 is 10.1 Å². The van der Waals surface area contributed by atoms with Crippen LogP contribution in [0.2, 0.25) is 0 Å². The Morgan fingerprint density at radius 2 is 1.53 bits per heavy atom. The van der Waals surface area contributed by atoms with E-state index in [1.165, 1.54) is 31.0 Å². The van der Waals surface area contributed by atoms with Crippen molar-refractivity contribution in [2.24, 2.45) is 4.99 Å². The van der Waals surface area contributed by atoms with E-state index < -0.39 is 10.1 Å². The fraction of sp³-hybridized carbons (Fsp3) is 0.118. The molecule has 0 unspecified atom stereocenters. The van der Waals surface area contributed by atoms with E-state index >= 15 is 0 Å². The zero-order valence-electron chi connectivity index (χ0n) is 23.6. The highest BCUT2D eigenvalue weighted by molar-refractivity contribution is 8.18. The number of carbonyl (C=O) groups is 1. The van der Waals surface area contributed by atoms with Gasteiger partial charge in [-0.3, -0.25) is 14.7 Å². The van der Waals surface area contributed by atoms with Gasteiger partial charge in [-0.2, -0.15) is 8.42 Å². The first-order chi connectivity index (χ1) is 20.9. The molecule has 1 aliphatic heterocycles. The molecule has 7 nitrogen and oxygen atoms in total. The Morgan fingerprint density at radius 1 is 0.907 bits per heavy atom. The van der Waals surface area contributed by atoms with Crippen LogP contribution in [0.3, 0.4) is 0 Å². The summed E-state index contributed by atoms with van der Waals surface area (Å²) in [4.78, 5) is 20.7. The summed E-state index contributed by atoms with van der Waals surface area (Å²) in [5.74, 6) is 0.131. The van der Waals surface area contributed by atoms with E-state index in [1.54, 1.807) is 47.4 Å². The van der Waals surface area contributed by atoms with Crippen LogP contribution in [0.15, 0.2) is 131 Å². The first kappa shape index (κ1) is 29.9. The molecule has 218 valence electrons. The minimum absolute atomic E-state index is 0.0292. The molecule has 1 saturated heterocycles. The Labute approximate surface area is 256 Å². The van der Waals surface area contributed by atoms with Gasteiger partial charge in [0.15, 0.2) is 16.7 Å². The monoisotopic (exact) mass is 610 g/mol. The number of carbonyl (C=O) groups excluding carboxylic acids is 1. The number of thioether (sulfide) groups is 1. The molecular weight excluding hydrogens is 581 g/mol.